The molecule has 4 heterocycles. The summed E-state index contributed by atoms with van der Waals surface area (Å²) >= 11 is 6.08. The van der Waals surface area contributed by atoms with Gasteiger partial charge in [-0.25, -0.2) is 9.78 Å². The third kappa shape index (κ3) is 4.62. The highest BCUT2D eigenvalue weighted by atomic mass is 35.5. The summed E-state index contributed by atoms with van der Waals surface area (Å²) in [4.78, 5) is 26.3. The van der Waals surface area contributed by atoms with Gasteiger partial charge < -0.3 is 28.8 Å². The lowest BCUT2D eigenvalue weighted by atomic mass is 9.81. The molecular weight excluding hydrogens is 608 g/mol. The van der Waals surface area contributed by atoms with E-state index in [-0.39, 0.29) is 11.6 Å². The first-order valence-electron chi connectivity index (χ1n) is 15.6. The van der Waals surface area contributed by atoms with E-state index in [1.165, 1.54) is 13.2 Å². The van der Waals surface area contributed by atoms with Gasteiger partial charge in [-0.3, -0.25) is 9.88 Å². The van der Waals surface area contributed by atoms with Crippen molar-refractivity contribution >= 4 is 34.3 Å². The fourth-order valence-electron chi connectivity index (χ4n) is 7.16. The van der Waals surface area contributed by atoms with Gasteiger partial charge in [-0.15, -0.1) is 0 Å². The molecular formula is C34H33ClN6O5. The van der Waals surface area contributed by atoms with Crippen LogP contribution in [-0.4, -0.2) is 62.8 Å². The van der Waals surface area contributed by atoms with Gasteiger partial charge in [0.15, 0.2) is 11.5 Å². The zero-order valence-electron chi connectivity index (χ0n) is 25.6. The van der Waals surface area contributed by atoms with Crippen molar-refractivity contribution < 1.29 is 24.1 Å². The summed E-state index contributed by atoms with van der Waals surface area (Å²) in [6, 6.07) is 15.9. The number of carbonyl (C=O) groups is 1. The number of para-hydroxylation sites is 1. The number of imidazole rings is 1. The molecule has 8 rings (SSSR count). The Morgan fingerprint density at radius 2 is 2.00 bits per heavy atom. The molecule has 0 radical (unpaired) electrons. The second-order valence-electron chi connectivity index (χ2n) is 12.8. The molecule has 0 bridgehead atoms. The summed E-state index contributed by atoms with van der Waals surface area (Å²) in [7, 11) is 1.53. The molecule has 0 spiro atoms. The lowest BCUT2D eigenvalue weighted by Gasteiger charge is -2.54. The Balaban J connectivity index is 1.08. The maximum Gasteiger partial charge on any atom is 0.335 e. The number of anilines is 1. The summed E-state index contributed by atoms with van der Waals surface area (Å²) in [6.45, 7) is 4.52. The van der Waals surface area contributed by atoms with Crippen molar-refractivity contribution in [3.63, 3.8) is 0 Å². The van der Waals surface area contributed by atoms with Crippen LogP contribution in [0.25, 0.3) is 11.0 Å². The van der Waals surface area contributed by atoms with E-state index in [9.17, 15) is 15.2 Å². The minimum absolute atomic E-state index is 0.135. The normalized spacial score (nSPS) is 24.3. The highest BCUT2D eigenvalue weighted by Crippen LogP contribution is 2.51. The molecule has 2 aromatic carbocycles. The molecule has 46 heavy (non-hydrogen) atoms. The van der Waals surface area contributed by atoms with E-state index in [2.05, 4.69) is 31.5 Å². The van der Waals surface area contributed by atoms with Crippen LogP contribution >= 0.6 is 11.6 Å². The minimum Gasteiger partial charge on any atom is -0.494 e. The Hall–Kier alpha value is -4.53. The number of fused-ring (bicyclic) bond motifs is 3. The van der Waals surface area contributed by atoms with Gasteiger partial charge in [0.2, 0.25) is 0 Å². The van der Waals surface area contributed by atoms with E-state index in [4.69, 9.17) is 30.8 Å². The van der Waals surface area contributed by atoms with Crippen molar-refractivity contribution in [3.8, 4) is 23.3 Å². The van der Waals surface area contributed by atoms with Crippen LogP contribution in [0.4, 0.5) is 5.69 Å². The van der Waals surface area contributed by atoms with Crippen LogP contribution in [0.5, 0.6) is 17.2 Å². The van der Waals surface area contributed by atoms with Gasteiger partial charge in [0.1, 0.15) is 22.8 Å². The van der Waals surface area contributed by atoms with Gasteiger partial charge in [0.25, 0.3) is 5.79 Å². The van der Waals surface area contributed by atoms with E-state index >= 15 is 0 Å². The zero-order valence-corrected chi connectivity index (χ0v) is 26.3. The van der Waals surface area contributed by atoms with Crippen molar-refractivity contribution in [2.45, 2.75) is 63.6 Å². The minimum atomic E-state index is -1.06. The fourth-order valence-corrected chi connectivity index (χ4v) is 7.27. The van der Waals surface area contributed by atoms with Gasteiger partial charge in [-0.2, -0.15) is 5.26 Å². The maximum atomic E-state index is 12.0. The number of nitrogens with zero attached hydrogens (tertiary/aromatic N) is 6. The summed E-state index contributed by atoms with van der Waals surface area (Å²) in [5.74, 6) is 0.549. The Morgan fingerprint density at radius 1 is 1.17 bits per heavy atom. The van der Waals surface area contributed by atoms with Crippen molar-refractivity contribution in [1.82, 2.24) is 19.4 Å². The van der Waals surface area contributed by atoms with Crippen LogP contribution in [0.2, 0.25) is 5.02 Å². The second kappa shape index (κ2) is 10.5. The average molecular weight is 641 g/mol. The molecule has 2 saturated carbocycles. The summed E-state index contributed by atoms with van der Waals surface area (Å²) in [6.07, 6.45) is 5.33. The van der Waals surface area contributed by atoms with Crippen molar-refractivity contribution in [3.05, 3.63) is 70.8 Å². The number of benzene rings is 2. The number of aromatic nitrogens is 3. The number of hydrogen-bond donors (Lipinski definition) is 1. The SMILES string of the molecule is COc1cc(C(=O)O)cc2c1nc(CN1CCN(c3cccc4c3O[C@@](C)(c3ccc(Cl)cn3)O4)[C@@H]3CC[C@H]31)n2CC1(C#N)CC1. The molecule has 1 saturated heterocycles. The Kier molecular flexibility index (Phi) is 6.60. The first-order chi connectivity index (χ1) is 22.2. The third-order valence-electron chi connectivity index (χ3n) is 10.0. The fraction of sp³-hybridized carbons (Fsp3) is 0.412. The lowest BCUT2D eigenvalue weighted by Crippen LogP contribution is -2.64. The summed E-state index contributed by atoms with van der Waals surface area (Å²) in [5.41, 5.74) is 2.65. The molecule has 3 atom stereocenters. The molecule has 0 unspecified atom stereocenters. The number of halogens is 1. The molecule has 11 nitrogen and oxygen atoms in total. The van der Waals surface area contributed by atoms with Crippen LogP contribution in [0, 0.1) is 16.7 Å². The Bertz CT molecular complexity index is 1920. The first kappa shape index (κ1) is 28.9. The molecule has 0 amide bonds. The van der Waals surface area contributed by atoms with E-state index < -0.39 is 17.2 Å². The molecule has 1 N–H and O–H groups in total. The number of nitriles is 1. The van der Waals surface area contributed by atoms with E-state index in [1.807, 2.05) is 25.1 Å². The monoisotopic (exact) mass is 640 g/mol. The molecule has 2 aromatic heterocycles. The highest BCUT2D eigenvalue weighted by molar-refractivity contribution is 6.30. The van der Waals surface area contributed by atoms with Gasteiger partial charge in [-0.1, -0.05) is 17.7 Å². The number of methoxy groups -OCH3 is 1. The highest BCUT2D eigenvalue weighted by Gasteiger charge is 2.48. The van der Waals surface area contributed by atoms with Crippen LogP contribution in [-0.2, 0) is 18.9 Å². The van der Waals surface area contributed by atoms with Gasteiger partial charge in [-0.05, 0) is 62.1 Å². The molecule has 236 valence electrons. The lowest BCUT2D eigenvalue weighted by molar-refractivity contribution is -0.0717. The van der Waals surface area contributed by atoms with Gasteiger partial charge >= 0.3 is 5.97 Å². The van der Waals surface area contributed by atoms with Gasteiger partial charge in [0, 0.05) is 44.8 Å². The Labute approximate surface area is 270 Å². The van der Waals surface area contributed by atoms with Crippen LogP contribution in [0.15, 0.2) is 48.7 Å². The van der Waals surface area contributed by atoms with E-state index in [0.717, 1.165) is 56.0 Å². The standard InChI is InChI=1S/C34H33ClN6O5/c1-33(28-9-6-21(35)16-37-28)45-26-5-3-4-24(31(26)46-33)40-13-12-39(22-7-8-23(22)40)17-29-38-30-25(41(29)19-34(18-36)10-11-34)14-20(32(42)43)15-27(30)44-2/h3-6,9,14-16,22-23H,7-8,10-13,17,19H2,1-2H3,(H,42,43)/t22-,23-,33+/m1/s1. The summed E-state index contributed by atoms with van der Waals surface area (Å²) < 4.78 is 20.5. The quantitative estimate of drug-likeness (QED) is 0.260. The molecule has 2 aliphatic carbocycles. The van der Waals surface area contributed by atoms with E-state index in [0.29, 0.717) is 52.4 Å². The second-order valence-corrected chi connectivity index (χ2v) is 13.3. The maximum absolute atomic E-state index is 12.0. The topological polar surface area (TPSA) is 126 Å². The summed E-state index contributed by atoms with van der Waals surface area (Å²) in [5, 5.41) is 20.3. The number of rotatable bonds is 8. The third-order valence-corrected chi connectivity index (χ3v) is 10.2. The zero-order chi connectivity index (χ0) is 31.8. The average Bonchev–Trinajstić information content (AvgIpc) is 3.60. The number of piperazine rings is 1. The van der Waals surface area contributed by atoms with Crippen LogP contribution in [0.3, 0.4) is 0 Å². The number of ether oxygens (including phenoxy) is 3. The molecule has 12 heteroatoms. The van der Waals surface area contributed by atoms with Gasteiger partial charge in [0.05, 0.1) is 46.9 Å². The predicted octanol–water partition coefficient (Wildman–Crippen LogP) is 5.59. The number of hydrogen-bond acceptors (Lipinski definition) is 9. The van der Waals surface area contributed by atoms with Crippen molar-refractivity contribution in [2.24, 2.45) is 5.41 Å². The van der Waals surface area contributed by atoms with Crippen molar-refractivity contribution in [2.75, 3.05) is 25.1 Å². The van der Waals surface area contributed by atoms with Crippen molar-refractivity contribution in [1.29, 1.82) is 5.26 Å². The largest absolute Gasteiger partial charge is 0.494 e. The number of carboxylic acid groups (broad SMARTS) is 1. The van der Waals surface area contributed by atoms with E-state index in [1.54, 1.807) is 18.3 Å². The smallest absolute Gasteiger partial charge is 0.335 e. The number of pyridine rings is 1. The molecule has 2 aliphatic heterocycles. The first-order valence-corrected chi connectivity index (χ1v) is 15.9. The predicted molar refractivity (Wildman–Crippen MR) is 169 cm³/mol. The van der Waals surface area contributed by atoms with Crippen LogP contribution in [0.1, 0.15) is 54.5 Å². The van der Waals surface area contributed by atoms with Crippen LogP contribution < -0.4 is 19.1 Å². The molecule has 4 aliphatic rings. The molecule has 4 aromatic rings. The number of carboxylic acids is 1. The molecule has 3 fully saturated rings. The Morgan fingerprint density at radius 3 is 2.67 bits per heavy atom. The number of aromatic carboxylic acids is 1.